The van der Waals surface area contributed by atoms with Crippen molar-refractivity contribution in [3.05, 3.63) is 85.6 Å². The summed E-state index contributed by atoms with van der Waals surface area (Å²) in [6.07, 6.45) is -1.22. The second-order valence-corrected chi connectivity index (χ2v) is 7.00. The third kappa shape index (κ3) is 3.14. The number of aromatic nitrogens is 2. The van der Waals surface area contributed by atoms with E-state index in [1.54, 1.807) is 43.3 Å². The van der Waals surface area contributed by atoms with E-state index in [1.807, 2.05) is 6.07 Å². The number of carbonyl (C=O) groups is 1. The first-order valence-electron chi connectivity index (χ1n) is 9.47. The summed E-state index contributed by atoms with van der Waals surface area (Å²) in [6, 6.07) is 11.6. The van der Waals surface area contributed by atoms with Crippen LogP contribution in [-0.2, 0) is 4.74 Å². The van der Waals surface area contributed by atoms with Crippen LogP contribution >= 0.6 is 0 Å². The first-order valence-corrected chi connectivity index (χ1v) is 9.47. The highest BCUT2D eigenvalue weighted by Crippen LogP contribution is 2.45. The van der Waals surface area contributed by atoms with Gasteiger partial charge in [0.05, 0.1) is 20.3 Å². The van der Waals surface area contributed by atoms with Crippen LogP contribution in [-0.4, -0.2) is 34.8 Å². The summed E-state index contributed by atoms with van der Waals surface area (Å²) in [5, 5.41) is 11.0. The molecule has 2 heterocycles. The molecule has 2 atom stereocenters. The molecule has 0 amide bonds. The first-order chi connectivity index (χ1) is 14.9. The highest BCUT2D eigenvalue weighted by atomic mass is 16.6. The Labute approximate surface area is 176 Å². The van der Waals surface area contributed by atoms with Gasteiger partial charge in [0.1, 0.15) is 11.1 Å². The number of ether oxygens (including phenoxy) is 3. The molecule has 0 spiro atoms. The Morgan fingerprint density at radius 3 is 2.42 bits per heavy atom. The van der Waals surface area contributed by atoms with Crippen molar-refractivity contribution >= 4 is 5.97 Å². The summed E-state index contributed by atoms with van der Waals surface area (Å²) in [7, 11) is 2.81. The molecule has 1 aliphatic heterocycles. The molecule has 0 bridgehead atoms. The van der Waals surface area contributed by atoms with Crippen LogP contribution in [0.4, 0.5) is 0 Å². The van der Waals surface area contributed by atoms with Gasteiger partial charge < -0.3 is 19.3 Å². The van der Waals surface area contributed by atoms with Crippen LogP contribution in [0.5, 0.6) is 17.4 Å². The third-order valence-corrected chi connectivity index (χ3v) is 5.37. The number of aromatic hydroxyl groups is 1. The quantitative estimate of drug-likeness (QED) is 0.602. The summed E-state index contributed by atoms with van der Waals surface area (Å²) in [5.74, 6) is -0.831. The Kier molecular flexibility index (Phi) is 5.02. The minimum atomic E-state index is -1.22. The van der Waals surface area contributed by atoms with Crippen LogP contribution in [0.25, 0.3) is 0 Å². The highest BCUT2D eigenvalue weighted by Gasteiger charge is 2.40. The first kappa shape index (κ1) is 20.3. The fraction of sp³-hybridized carbons (Fsp3) is 0.227. The summed E-state index contributed by atoms with van der Waals surface area (Å²) < 4.78 is 17.0. The number of aromatic amines is 1. The number of hydrogen-bond acceptors (Lipinski definition) is 7. The molecule has 2 aromatic carbocycles. The van der Waals surface area contributed by atoms with Gasteiger partial charge in [-0.05, 0) is 18.6 Å². The van der Waals surface area contributed by atoms with Crippen molar-refractivity contribution in [3.8, 4) is 17.4 Å². The standard InChI is InChI=1S/C22H20N2O7/c1-11(12-7-5-4-6-8-12)24-20(26)16(19(25)23-22(24)28)17-13-9-10-14(29-2)18(30-3)15(13)21(27)31-17/h4-11,17,26H,1-3H3,(H,23,25,28)/t11-,17-/m0/s1. The molecule has 0 fully saturated rings. The molecule has 31 heavy (non-hydrogen) atoms. The summed E-state index contributed by atoms with van der Waals surface area (Å²) in [6.45, 7) is 1.71. The molecule has 0 aliphatic carbocycles. The maximum atomic E-state index is 12.7. The Morgan fingerprint density at radius 1 is 1.06 bits per heavy atom. The molecule has 9 heteroatoms. The minimum Gasteiger partial charge on any atom is -0.494 e. The van der Waals surface area contributed by atoms with Gasteiger partial charge in [-0.25, -0.2) is 9.59 Å². The average molecular weight is 424 g/mol. The lowest BCUT2D eigenvalue weighted by Crippen LogP contribution is -2.35. The second kappa shape index (κ2) is 7.67. The number of methoxy groups -OCH3 is 2. The maximum absolute atomic E-state index is 12.7. The second-order valence-electron chi connectivity index (χ2n) is 7.00. The van der Waals surface area contributed by atoms with E-state index >= 15 is 0 Å². The molecule has 1 aromatic heterocycles. The lowest BCUT2D eigenvalue weighted by atomic mass is 9.99. The van der Waals surface area contributed by atoms with Gasteiger partial charge >= 0.3 is 11.7 Å². The minimum absolute atomic E-state index is 0.0968. The predicted octanol–water partition coefficient (Wildman–Crippen LogP) is 2.13. The van der Waals surface area contributed by atoms with E-state index < -0.39 is 35.2 Å². The molecular weight excluding hydrogens is 404 g/mol. The molecule has 160 valence electrons. The monoisotopic (exact) mass is 424 g/mol. The van der Waals surface area contributed by atoms with Crippen molar-refractivity contribution in [3.63, 3.8) is 0 Å². The summed E-state index contributed by atoms with van der Waals surface area (Å²) in [4.78, 5) is 40.0. The maximum Gasteiger partial charge on any atom is 0.343 e. The molecule has 0 radical (unpaired) electrons. The Hall–Kier alpha value is -4.01. The van der Waals surface area contributed by atoms with Crippen molar-refractivity contribution in [2.45, 2.75) is 19.1 Å². The smallest absolute Gasteiger partial charge is 0.343 e. The van der Waals surface area contributed by atoms with E-state index in [1.165, 1.54) is 14.2 Å². The molecule has 4 rings (SSSR count). The van der Waals surface area contributed by atoms with Gasteiger partial charge in [-0.1, -0.05) is 36.4 Å². The van der Waals surface area contributed by atoms with E-state index in [9.17, 15) is 19.5 Å². The molecule has 0 saturated heterocycles. The number of esters is 1. The number of hydrogen-bond donors (Lipinski definition) is 2. The number of benzene rings is 2. The summed E-state index contributed by atoms with van der Waals surface area (Å²) in [5.41, 5.74) is -0.714. The number of cyclic esters (lactones) is 1. The topological polar surface area (TPSA) is 120 Å². The van der Waals surface area contributed by atoms with Gasteiger partial charge in [0.25, 0.3) is 5.56 Å². The number of nitrogens with one attached hydrogen (secondary N) is 1. The van der Waals surface area contributed by atoms with Crippen molar-refractivity contribution < 1.29 is 24.1 Å². The zero-order chi connectivity index (χ0) is 22.3. The highest BCUT2D eigenvalue weighted by molar-refractivity contribution is 5.98. The summed E-state index contributed by atoms with van der Waals surface area (Å²) >= 11 is 0. The van der Waals surface area contributed by atoms with Gasteiger partial charge in [-0.15, -0.1) is 0 Å². The van der Waals surface area contributed by atoms with E-state index in [2.05, 4.69) is 4.98 Å². The van der Waals surface area contributed by atoms with Crippen molar-refractivity contribution in [1.29, 1.82) is 0 Å². The Bertz CT molecular complexity index is 1280. The fourth-order valence-electron chi connectivity index (χ4n) is 3.84. The Morgan fingerprint density at radius 2 is 1.77 bits per heavy atom. The number of nitrogens with zero attached hydrogens (tertiary/aromatic N) is 1. The SMILES string of the molecule is COc1ccc2c(c1OC)C(=O)O[C@@H]2c1c(O)n([C@@H](C)c2ccccc2)c(=O)[nH]c1=O. The van der Waals surface area contributed by atoms with Crippen LogP contribution in [0.15, 0.2) is 52.1 Å². The van der Waals surface area contributed by atoms with E-state index in [4.69, 9.17) is 14.2 Å². The Balaban J connectivity index is 1.91. The van der Waals surface area contributed by atoms with Crippen molar-refractivity contribution in [1.82, 2.24) is 9.55 Å². The third-order valence-electron chi connectivity index (χ3n) is 5.37. The molecular formula is C22H20N2O7. The van der Waals surface area contributed by atoms with E-state index in [0.717, 1.165) is 10.1 Å². The van der Waals surface area contributed by atoms with Crippen LogP contribution in [0, 0.1) is 0 Å². The fourth-order valence-corrected chi connectivity index (χ4v) is 3.84. The molecule has 3 aromatic rings. The van der Waals surface area contributed by atoms with Crippen molar-refractivity contribution in [2.75, 3.05) is 14.2 Å². The van der Waals surface area contributed by atoms with Crippen LogP contribution in [0.3, 0.4) is 0 Å². The van der Waals surface area contributed by atoms with Gasteiger partial charge in [-0.2, -0.15) is 0 Å². The zero-order valence-corrected chi connectivity index (χ0v) is 17.0. The van der Waals surface area contributed by atoms with Gasteiger partial charge in [0.15, 0.2) is 17.6 Å². The van der Waals surface area contributed by atoms with Gasteiger partial charge in [-0.3, -0.25) is 14.3 Å². The van der Waals surface area contributed by atoms with Gasteiger partial charge in [0.2, 0.25) is 5.88 Å². The number of carbonyl (C=O) groups excluding carboxylic acids is 1. The van der Waals surface area contributed by atoms with Crippen LogP contribution < -0.4 is 20.7 Å². The molecule has 9 nitrogen and oxygen atoms in total. The largest absolute Gasteiger partial charge is 0.494 e. The van der Waals surface area contributed by atoms with Crippen LogP contribution in [0.1, 0.15) is 46.1 Å². The van der Waals surface area contributed by atoms with E-state index in [-0.39, 0.29) is 16.9 Å². The normalized spacial score (nSPS) is 15.8. The number of H-pyrrole nitrogens is 1. The van der Waals surface area contributed by atoms with Gasteiger partial charge in [0, 0.05) is 5.56 Å². The average Bonchev–Trinajstić information content (AvgIpc) is 3.09. The lowest BCUT2D eigenvalue weighted by Gasteiger charge is -2.20. The zero-order valence-electron chi connectivity index (χ0n) is 17.0. The lowest BCUT2D eigenvalue weighted by molar-refractivity contribution is 0.0446. The molecule has 1 aliphatic rings. The van der Waals surface area contributed by atoms with Crippen LogP contribution in [0.2, 0.25) is 0 Å². The number of fused-ring (bicyclic) bond motifs is 1. The molecule has 0 saturated carbocycles. The molecule has 2 N–H and O–H groups in total. The predicted molar refractivity (Wildman–Crippen MR) is 110 cm³/mol. The molecule has 0 unspecified atom stereocenters. The number of rotatable bonds is 5. The van der Waals surface area contributed by atoms with E-state index in [0.29, 0.717) is 11.3 Å². The van der Waals surface area contributed by atoms with Crippen molar-refractivity contribution in [2.24, 2.45) is 0 Å².